The third kappa shape index (κ3) is 3.24. The number of benzene rings is 1. The number of hydrogen-bond donors (Lipinski definition) is 0. The summed E-state index contributed by atoms with van der Waals surface area (Å²) in [6, 6.07) is 6.64. The summed E-state index contributed by atoms with van der Waals surface area (Å²) < 4.78 is 0. The Bertz CT molecular complexity index is 339. The molecular weight excluding hydrogens is 204 g/mol. The van der Waals surface area contributed by atoms with Gasteiger partial charge in [0.15, 0.2) is 0 Å². The Morgan fingerprint density at radius 3 is 2.73 bits per heavy atom. The van der Waals surface area contributed by atoms with Gasteiger partial charge in [-0.15, -0.1) is 11.6 Å². The highest BCUT2D eigenvalue weighted by Crippen LogP contribution is 2.35. The van der Waals surface area contributed by atoms with Gasteiger partial charge < -0.3 is 0 Å². The van der Waals surface area contributed by atoms with E-state index in [2.05, 4.69) is 32.0 Å². The lowest BCUT2D eigenvalue weighted by molar-refractivity contribution is 0.673. The first-order chi connectivity index (χ1) is 7.15. The van der Waals surface area contributed by atoms with E-state index in [1.54, 1.807) is 0 Å². The van der Waals surface area contributed by atoms with Crippen molar-refractivity contribution in [2.75, 3.05) is 0 Å². The van der Waals surface area contributed by atoms with E-state index < -0.39 is 0 Å². The summed E-state index contributed by atoms with van der Waals surface area (Å²) in [4.78, 5) is 0. The van der Waals surface area contributed by atoms with E-state index in [9.17, 15) is 0 Å². The van der Waals surface area contributed by atoms with Gasteiger partial charge >= 0.3 is 0 Å². The number of rotatable bonds is 4. The first kappa shape index (κ1) is 11.0. The third-order valence-corrected chi connectivity index (χ3v) is 3.56. The molecule has 0 saturated heterocycles. The van der Waals surface area contributed by atoms with Crippen molar-refractivity contribution in [3.05, 3.63) is 34.9 Å². The first-order valence-corrected chi connectivity index (χ1v) is 6.29. The minimum Gasteiger partial charge on any atom is -0.123 e. The Hall–Kier alpha value is -0.490. The highest BCUT2D eigenvalue weighted by molar-refractivity contribution is 6.20. The van der Waals surface area contributed by atoms with Crippen LogP contribution in [0.1, 0.15) is 36.0 Å². The lowest BCUT2D eigenvalue weighted by Crippen LogP contribution is -2.05. The van der Waals surface area contributed by atoms with Gasteiger partial charge in [-0.3, -0.25) is 0 Å². The average molecular weight is 223 g/mol. The highest BCUT2D eigenvalue weighted by atomic mass is 35.5. The van der Waals surface area contributed by atoms with Crippen molar-refractivity contribution < 1.29 is 0 Å². The number of halogens is 1. The monoisotopic (exact) mass is 222 g/mol. The SMILES string of the molecule is Cc1ccc(C)c(CC(Cl)CC2CC2)c1. The molecule has 1 fully saturated rings. The summed E-state index contributed by atoms with van der Waals surface area (Å²) in [5, 5.41) is 0.331. The standard InChI is InChI=1S/C14H19Cl/c1-10-3-4-11(2)13(7-10)9-14(15)8-12-5-6-12/h3-4,7,12,14H,5-6,8-9H2,1-2H3. The summed E-state index contributed by atoms with van der Waals surface area (Å²) in [5.41, 5.74) is 4.14. The summed E-state index contributed by atoms with van der Waals surface area (Å²) in [5.74, 6) is 0.928. The van der Waals surface area contributed by atoms with Gasteiger partial charge in [-0.25, -0.2) is 0 Å². The molecular formula is C14H19Cl. The second-order valence-electron chi connectivity index (χ2n) is 4.91. The van der Waals surface area contributed by atoms with Crippen LogP contribution in [0.25, 0.3) is 0 Å². The summed E-state index contributed by atoms with van der Waals surface area (Å²) in [6.45, 7) is 4.32. The molecule has 0 bridgehead atoms. The zero-order valence-electron chi connectivity index (χ0n) is 9.59. The Balaban J connectivity index is 1.98. The summed E-state index contributed by atoms with van der Waals surface area (Å²) in [6.07, 6.45) is 5.03. The molecule has 1 aromatic rings. The molecule has 0 heterocycles. The second-order valence-corrected chi connectivity index (χ2v) is 5.53. The van der Waals surface area contributed by atoms with Crippen LogP contribution in [-0.2, 0) is 6.42 Å². The van der Waals surface area contributed by atoms with Crippen LogP contribution in [0.2, 0.25) is 0 Å². The van der Waals surface area contributed by atoms with Crippen molar-refractivity contribution in [1.29, 1.82) is 0 Å². The molecule has 82 valence electrons. The van der Waals surface area contributed by atoms with E-state index in [4.69, 9.17) is 11.6 Å². The lowest BCUT2D eigenvalue weighted by Gasteiger charge is -2.11. The van der Waals surface area contributed by atoms with E-state index in [1.807, 2.05) is 0 Å². The van der Waals surface area contributed by atoms with Crippen LogP contribution in [0.3, 0.4) is 0 Å². The first-order valence-electron chi connectivity index (χ1n) is 5.85. The van der Waals surface area contributed by atoms with Gasteiger partial charge in [0.1, 0.15) is 0 Å². The molecule has 2 rings (SSSR count). The maximum Gasteiger partial charge on any atom is 0.0379 e. The van der Waals surface area contributed by atoms with Gasteiger partial charge in [0.05, 0.1) is 0 Å². The molecule has 0 radical (unpaired) electrons. The molecule has 1 atom stereocenters. The van der Waals surface area contributed by atoms with Gasteiger partial charge in [0.2, 0.25) is 0 Å². The molecule has 0 aromatic heterocycles. The predicted molar refractivity (Wildman–Crippen MR) is 66.6 cm³/mol. The molecule has 0 aliphatic heterocycles. The van der Waals surface area contributed by atoms with Gasteiger partial charge in [-0.05, 0) is 43.7 Å². The molecule has 1 aliphatic carbocycles. The quantitative estimate of drug-likeness (QED) is 0.668. The van der Waals surface area contributed by atoms with Crippen LogP contribution in [0.5, 0.6) is 0 Å². The molecule has 0 amide bonds. The maximum absolute atomic E-state index is 6.37. The van der Waals surface area contributed by atoms with Gasteiger partial charge in [0.25, 0.3) is 0 Å². The van der Waals surface area contributed by atoms with E-state index in [-0.39, 0.29) is 0 Å². The fourth-order valence-corrected chi connectivity index (χ4v) is 2.48. The van der Waals surface area contributed by atoms with Crippen LogP contribution < -0.4 is 0 Å². The molecule has 1 saturated carbocycles. The molecule has 1 heteroatoms. The Morgan fingerprint density at radius 2 is 2.07 bits per heavy atom. The smallest absolute Gasteiger partial charge is 0.0379 e. The van der Waals surface area contributed by atoms with Gasteiger partial charge in [-0.1, -0.05) is 36.6 Å². The van der Waals surface area contributed by atoms with Crippen LogP contribution in [0.15, 0.2) is 18.2 Å². The molecule has 0 spiro atoms. The van der Waals surface area contributed by atoms with Crippen LogP contribution in [-0.4, -0.2) is 5.38 Å². The fraction of sp³-hybridized carbons (Fsp3) is 0.571. The third-order valence-electron chi connectivity index (χ3n) is 3.23. The van der Waals surface area contributed by atoms with Crippen molar-refractivity contribution in [3.63, 3.8) is 0 Å². The maximum atomic E-state index is 6.37. The minimum absolute atomic E-state index is 0.331. The number of alkyl halides is 1. The van der Waals surface area contributed by atoms with Crippen LogP contribution in [0, 0.1) is 19.8 Å². The molecule has 1 aromatic carbocycles. The second kappa shape index (κ2) is 4.57. The van der Waals surface area contributed by atoms with Crippen LogP contribution >= 0.6 is 11.6 Å². The minimum atomic E-state index is 0.331. The van der Waals surface area contributed by atoms with Gasteiger partial charge in [-0.2, -0.15) is 0 Å². The van der Waals surface area contributed by atoms with E-state index in [0.717, 1.165) is 12.3 Å². The number of hydrogen-bond acceptors (Lipinski definition) is 0. The van der Waals surface area contributed by atoms with Gasteiger partial charge in [0, 0.05) is 5.38 Å². The van der Waals surface area contributed by atoms with E-state index in [0.29, 0.717) is 5.38 Å². The van der Waals surface area contributed by atoms with Crippen LogP contribution in [0.4, 0.5) is 0 Å². The van der Waals surface area contributed by atoms with E-state index >= 15 is 0 Å². The largest absolute Gasteiger partial charge is 0.123 e. The molecule has 1 unspecified atom stereocenters. The fourth-order valence-electron chi connectivity index (χ4n) is 2.06. The zero-order valence-corrected chi connectivity index (χ0v) is 10.3. The lowest BCUT2D eigenvalue weighted by atomic mass is 9.99. The van der Waals surface area contributed by atoms with Crippen molar-refractivity contribution in [1.82, 2.24) is 0 Å². The van der Waals surface area contributed by atoms with E-state index in [1.165, 1.54) is 36.0 Å². The summed E-state index contributed by atoms with van der Waals surface area (Å²) in [7, 11) is 0. The van der Waals surface area contributed by atoms with Crippen molar-refractivity contribution >= 4 is 11.6 Å². The summed E-state index contributed by atoms with van der Waals surface area (Å²) >= 11 is 6.37. The van der Waals surface area contributed by atoms with Crippen molar-refractivity contribution in [2.24, 2.45) is 5.92 Å². The molecule has 1 aliphatic rings. The molecule has 15 heavy (non-hydrogen) atoms. The average Bonchev–Trinajstić information content (AvgIpc) is 2.95. The Labute approximate surface area is 97.6 Å². The predicted octanol–water partition coefficient (Wildman–Crippen LogP) is 4.25. The number of aryl methyl sites for hydroxylation is 2. The molecule has 0 N–H and O–H groups in total. The topological polar surface area (TPSA) is 0 Å². The van der Waals surface area contributed by atoms with Crippen molar-refractivity contribution in [3.8, 4) is 0 Å². The normalized spacial score (nSPS) is 17.8. The Morgan fingerprint density at radius 1 is 1.33 bits per heavy atom. The zero-order chi connectivity index (χ0) is 10.8. The van der Waals surface area contributed by atoms with Crippen molar-refractivity contribution in [2.45, 2.75) is 44.9 Å². The Kier molecular flexibility index (Phi) is 3.35. The molecule has 0 nitrogen and oxygen atoms in total. The highest BCUT2D eigenvalue weighted by Gasteiger charge is 2.24.